The smallest absolute Gasteiger partial charge is 0.390 e. The fourth-order valence-corrected chi connectivity index (χ4v) is 0.711. The van der Waals surface area contributed by atoms with Crippen LogP contribution in [0.2, 0.25) is 0 Å². The van der Waals surface area contributed by atoms with Crippen LogP contribution in [0.1, 0.15) is 0 Å². The quantitative estimate of drug-likeness (QED) is 0.329. The first-order valence-corrected chi connectivity index (χ1v) is 3.50. The van der Waals surface area contributed by atoms with Crippen molar-refractivity contribution >= 4 is 16.7 Å². The Balaban J connectivity index is 3.09. The molecule has 0 saturated heterocycles. The molecule has 1 aromatic heterocycles. The van der Waals surface area contributed by atoms with E-state index in [1.807, 2.05) is 5.10 Å². The highest BCUT2D eigenvalue weighted by atomic mass is 32.2. The Kier molecular flexibility index (Phi) is 1.81. The summed E-state index contributed by atoms with van der Waals surface area (Å²) in [6, 6.07) is 0. The van der Waals surface area contributed by atoms with E-state index in [4.69, 9.17) is 0 Å². The van der Waals surface area contributed by atoms with Crippen LogP contribution in [0.25, 0.3) is 0 Å². The number of hydrogen-bond acceptors (Lipinski definition) is 6. The second-order valence-electron chi connectivity index (χ2n) is 1.47. The SMILES string of the molecule is O=[N+]([O-])c1n[nH]c([SH](=O)=O)n1. The molecule has 0 amide bonds. The summed E-state index contributed by atoms with van der Waals surface area (Å²) in [4.78, 5) is 12.1. The number of nitro groups is 1. The number of H-pyrrole nitrogens is 1. The van der Waals surface area contributed by atoms with Crippen molar-refractivity contribution in [1.29, 1.82) is 0 Å². The zero-order valence-corrected chi connectivity index (χ0v) is 5.82. The predicted octanol–water partition coefficient (Wildman–Crippen LogP) is -1.32. The van der Waals surface area contributed by atoms with Gasteiger partial charge >= 0.3 is 11.1 Å². The van der Waals surface area contributed by atoms with Gasteiger partial charge in [-0.1, -0.05) is 0 Å². The third kappa shape index (κ3) is 1.49. The van der Waals surface area contributed by atoms with Crippen LogP contribution in [0.15, 0.2) is 5.16 Å². The number of aromatic nitrogens is 3. The lowest BCUT2D eigenvalue weighted by Gasteiger charge is -1.81. The van der Waals surface area contributed by atoms with Crippen LogP contribution in [0.3, 0.4) is 0 Å². The minimum atomic E-state index is -2.93. The van der Waals surface area contributed by atoms with Crippen LogP contribution in [0.5, 0.6) is 0 Å². The first kappa shape index (κ1) is 7.60. The molecule has 0 aliphatic rings. The molecule has 0 aromatic carbocycles. The first-order chi connectivity index (χ1) is 5.11. The van der Waals surface area contributed by atoms with Crippen molar-refractivity contribution in [3.05, 3.63) is 10.1 Å². The molecule has 1 heterocycles. The topological polar surface area (TPSA) is 119 Å². The van der Waals surface area contributed by atoms with Crippen molar-refractivity contribution in [2.75, 3.05) is 0 Å². The molecule has 60 valence electrons. The fraction of sp³-hybridized carbons (Fsp3) is 0. The standard InChI is InChI=1S/C2H2N4O4S/c7-6(8)1-3-2(5-4-1)11(9)10/h11H,(H,3,4,5). The molecule has 1 rings (SSSR count). The van der Waals surface area contributed by atoms with E-state index in [1.165, 1.54) is 0 Å². The van der Waals surface area contributed by atoms with Crippen molar-refractivity contribution in [3.8, 4) is 0 Å². The summed E-state index contributed by atoms with van der Waals surface area (Å²) < 4.78 is 20.2. The molecule has 1 N–H and O–H groups in total. The van der Waals surface area contributed by atoms with Gasteiger partial charge in [-0.05, 0) is 9.91 Å². The van der Waals surface area contributed by atoms with Gasteiger partial charge in [0.1, 0.15) is 0 Å². The van der Waals surface area contributed by atoms with E-state index < -0.39 is 26.7 Å². The van der Waals surface area contributed by atoms with E-state index in [-0.39, 0.29) is 0 Å². The van der Waals surface area contributed by atoms with Gasteiger partial charge in [-0.3, -0.25) is 0 Å². The lowest BCUT2D eigenvalue weighted by atomic mass is 11.1. The summed E-state index contributed by atoms with van der Waals surface area (Å²) in [5.41, 5.74) is 0. The largest absolute Gasteiger partial charge is 0.492 e. The van der Waals surface area contributed by atoms with Gasteiger partial charge in [0, 0.05) is 5.10 Å². The molecule has 8 nitrogen and oxygen atoms in total. The van der Waals surface area contributed by atoms with Crippen LogP contribution in [0.4, 0.5) is 5.95 Å². The second kappa shape index (κ2) is 2.62. The third-order valence-corrected chi connectivity index (χ3v) is 1.34. The number of nitrogens with one attached hydrogen (secondary N) is 1. The van der Waals surface area contributed by atoms with Gasteiger partial charge in [0.25, 0.3) is 0 Å². The Bertz CT molecular complexity index is 345. The monoisotopic (exact) mass is 178 g/mol. The van der Waals surface area contributed by atoms with Gasteiger partial charge in [-0.15, -0.1) is 0 Å². The van der Waals surface area contributed by atoms with Crippen molar-refractivity contribution in [2.24, 2.45) is 0 Å². The van der Waals surface area contributed by atoms with Crippen molar-refractivity contribution < 1.29 is 13.3 Å². The highest BCUT2D eigenvalue weighted by Crippen LogP contribution is 2.00. The fourth-order valence-electron chi connectivity index (χ4n) is 0.408. The van der Waals surface area contributed by atoms with E-state index in [9.17, 15) is 18.5 Å². The average molecular weight is 178 g/mol. The normalized spacial score (nSPS) is 10.3. The Morgan fingerprint density at radius 1 is 1.55 bits per heavy atom. The number of thiol groups is 1. The van der Waals surface area contributed by atoms with Crippen LogP contribution >= 0.6 is 0 Å². The van der Waals surface area contributed by atoms with Crippen LogP contribution in [0, 0.1) is 10.1 Å². The molecule has 0 aliphatic heterocycles. The van der Waals surface area contributed by atoms with Crippen LogP contribution in [-0.2, 0) is 10.7 Å². The molecule has 0 atom stereocenters. The number of hydrogen-bond donors (Lipinski definition) is 2. The average Bonchev–Trinajstić information content (AvgIpc) is 2.33. The summed E-state index contributed by atoms with van der Waals surface area (Å²) in [5.74, 6) is -0.751. The minimum Gasteiger partial charge on any atom is -0.390 e. The van der Waals surface area contributed by atoms with E-state index in [0.29, 0.717) is 0 Å². The summed E-state index contributed by atoms with van der Waals surface area (Å²) in [5, 5.41) is 14.3. The molecule has 0 aliphatic carbocycles. The van der Waals surface area contributed by atoms with Crippen molar-refractivity contribution in [1.82, 2.24) is 15.2 Å². The summed E-state index contributed by atoms with van der Waals surface area (Å²) >= 11 is 0. The van der Waals surface area contributed by atoms with Gasteiger partial charge in [0.05, 0.1) is 0 Å². The van der Waals surface area contributed by atoms with E-state index in [1.54, 1.807) is 0 Å². The molecule has 0 unspecified atom stereocenters. The number of nitrogens with zero attached hydrogens (tertiary/aromatic N) is 3. The van der Waals surface area contributed by atoms with E-state index in [2.05, 4.69) is 10.1 Å². The first-order valence-electron chi connectivity index (χ1n) is 2.32. The lowest BCUT2D eigenvalue weighted by Crippen LogP contribution is -1.89. The maximum atomic E-state index is 10.1. The summed E-state index contributed by atoms with van der Waals surface area (Å²) in [6.45, 7) is 0. The van der Waals surface area contributed by atoms with Gasteiger partial charge < -0.3 is 10.1 Å². The summed E-state index contributed by atoms with van der Waals surface area (Å²) in [7, 11) is -2.93. The second-order valence-corrected chi connectivity index (χ2v) is 2.41. The highest BCUT2D eigenvalue weighted by Gasteiger charge is 2.15. The highest BCUT2D eigenvalue weighted by molar-refractivity contribution is 7.72. The number of aromatic amines is 1. The Hall–Kier alpha value is -1.51. The van der Waals surface area contributed by atoms with Crippen molar-refractivity contribution in [3.63, 3.8) is 0 Å². The minimum absolute atomic E-state index is 0.508. The molecule has 0 radical (unpaired) electrons. The van der Waals surface area contributed by atoms with Gasteiger partial charge in [0.2, 0.25) is 10.7 Å². The maximum absolute atomic E-state index is 10.1. The lowest BCUT2D eigenvalue weighted by molar-refractivity contribution is -0.394. The van der Waals surface area contributed by atoms with Gasteiger partial charge in [0.15, 0.2) is 0 Å². The molecule has 0 fully saturated rings. The number of rotatable bonds is 2. The maximum Gasteiger partial charge on any atom is 0.492 e. The van der Waals surface area contributed by atoms with Crippen LogP contribution in [-0.4, -0.2) is 28.5 Å². The molecule has 1 aromatic rings. The molecule has 0 saturated carbocycles. The Labute approximate surface area is 61.4 Å². The van der Waals surface area contributed by atoms with Gasteiger partial charge in [-0.2, -0.15) is 5.10 Å². The molecule has 0 bridgehead atoms. The Morgan fingerprint density at radius 3 is 2.45 bits per heavy atom. The molecular formula is C2H2N4O4S. The zero-order chi connectivity index (χ0) is 8.43. The summed E-state index contributed by atoms with van der Waals surface area (Å²) in [6.07, 6.45) is 0. The molecule has 0 spiro atoms. The predicted molar refractivity (Wildman–Crippen MR) is 31.6 cm³/mol. The molecule has 11 heavy (non-hydrogen) atoms. The molecular weight excluding hydrogens is 176 g/mol. The van der Waals surface area contributed by atoms with Gasteiger partial charge in [-0.25, -0.2) is 8.42 Å². The third-order valence-electron chi connectivity index (χ3n) is 0.798. The van der Waals surface area contributed by atoms with E-state index in [0.717, 1.165) is 0 Å². The molecule has 9 heteroatoms. The van der Waals surface area contributed by atoms with Crippen LogP contribution < -0.4 is 0 Å². The van der Waals surface area contributed by atoms with Crippen molar-refractivity contribution in [2.45, 2.75) is 5.16 Å². The van der Waals surface area contributed by atoms with E-state index >= 15 is 0 Å². The zero-order valence-electron chi connectivity index (χ0n) is 4.92. The Morgan fingerprint density at radius 2 is 2.18 bits per heavy atom.